The van der Waals surface area contributed by atoms with E-state index in [0.29, 0.717) is 30.5 Å². The van der Waals surface area contributed by atoms with E-state index in [1.54, 1.807) is 18.2 Å². The molecule has 1 fully saturated rings. The van der Waals surface area contributed by atoms with E-state index in [9.17, 15) is 14.4 Å². The standard InChI is InChI=1S/C18H22BrClN2O5/c1-2-3-8-26-17(24)10-14-18(25)21-6-7-22(14)16(23)11-27-15-5-4-12(19)9-13(15)20/h4-5,9,14H,2-3,6-8,10-11H2,1H3,(H,21,25). The van der Waals surface area contributed by atoms with Crippen molar-refractivity contribution in [1.29, 1.82) is 0 Å². The normalized spacial score (nSPS) is 16.6. The minimum absolute atomic E-state index is 0.180. The number of halogens is 2. The first-order valence-corrected chi connectivity index (χ1v) is 9.90. The summed E-state index contributed by atoms with van der Waals surface area (Å²) in [5, 5.41) is 3.04. The van der Waals surface area contributed by atoms with Crippen molar-refractivity contribution in [3.8, 4) is 5.75 Å². The molecule has 148 valence electrons. The van der Waals surface area contributed by atoms with E-state index in [-0.39, 0.29) is 18.9 Å². The van der Waals surface area contributed by atoms with Gasteiger partial charge in [-0.2, -0.15) is 0 Å². The molecule has 0 aromatic heterocycles. The van der Waals surface area contributed by atoms with Crippen LogP contribution in [0.3, 0.4) is 0 Å². The zero-order valence-electron chi connectivity index (χ0n) is 15.0. The van der Waals surface area contributed by atoms with Crippen LogP contribution in [0, 0.1) is 0 Å². The van der Waals surface area contributed by atoms with Crippen LogP contribution in [0.1, 0.15) is 26.2 Å². The van der Waals surface area contributed by atoms with Crippen LogP contribution in [-0.2, 0) is 19.1 Å². The number of rotatable bonds is 8. The van der Waals surface area contributed by atoms with E-state index in [0.717, 1.165) is 17.3 Å². The fraction of sp³-hybridized carbons (Fsp3) is 0.500. The fourth-order valence-corrected chi connectivity index (χ4v) is 3.31. The summed E-state index contributed by atoms with van der Waals surface area (Å²) in [6, 6.07) is 4.15. The molecule has 1 aromatic rings. The summed E-state index contributed by atoms with van der Waals surface area (Å²) >= 11 is 9.37. The molecule has 2 amide bonds. The van der Waals surface area contributed by atoms with Crippen molar-refractivity contribution < 1.29 is 23.9 Å². The number of benzene rings is 1. The SMILES string of the molecule is CCCCOC(=O)CC1C(=O)NCCN1C(=O)COc1ccc(Br)cc1Cl. The summed E-state index contributed by atoms with van der Waals surface area (Å²) in [5.41, 5.74) is 0. The van der Waals surface area contributed by atoms with Crippen molar-refractivity contribution in [2.75, 3.05) is 26.3 Å². The highest BCUT2D eigenvalue weighted by Crippen LogP contribution is 2.27. The number of nitrogens with one attached hydrogen (secondary N) is 1. The highest BCUT2D eigenvalue weighted by Gasteiger charge is 2.35. The Morgan fingerprint density at radius 2 is 2.19 bits per heavy atom. The van der Waals surface area contributed by atoms with Crippen molar-refractivity contribution in [3.63, 3.8) is 0 Å². The lowest BCUT2D eigenvalue weighted by Gasteiger charge is -2.34. The second kappa shape index (κ2) is 10.5. The topological polar surface area (TPSA) is 84.9 Å². The summed E-state index contributed by atoms with van der Waals surface area (Å²) < 4.78 is 11.4. The van der Waals surface area contributed by atoms with Crippen LogP contribution in [0.4, 0.5) is 0 Å². The summed E-state index contributed by atoms with van der Waals surface area (Å²) in [5.74, 6) is -0.899. The van der Waals surface area contributed by atoms with Gasteiger partial charge in [0.25, 0.3) is 5.91 Å². The lowest BCUT2D eigenvalue weighted by atomic mass is 10.1. The van der Waals surface area contributed by atoms with Gasteiger partial charge in [0.05, 0.1) is 18.1 Å². The molecule has 0 aliphatic carbocycles. The number of esters is 1. The average molecular weight is 462 g/mol. The van der Waals surface area contributed by atoms with Crippen LogP contribution in [0.25, 0.3) is 0 Å². The Hall–Kier alpha value is -1.80. The molecule has 27 heavy (non-hydrogen) atoms. The molecule has 1 unspecified atom stereocenters. The van der Waals surface area contributed by atoms with Crippen molar-refractivity contribution >= 4 is 45.3 Å². The molecule has 2 rings (SSSR count). The third-order valence-corrected chi connectivity index (χ3v) is 4.81. The van der Waals surface area contributed by atoms with Gasteiger partial charge < -0.3 is 19.7 Å². The molecule has 1 aliphatic heterocycles. The number of nitrogens with zero attached hydrogens (tertiary/aromatic N) is 1. The predicted molar refractivity (Wildman–Crippen MR) is 104 cm³/mol. The van der Waals surface area contributed by atoms with Gasteiger partial charge in [0.15, 0.2) is 6.61 Å². The fourth-order valence-electron chi connectivity index (χ4n) is 2.58. The van der Waals surface area contributed by atoms with Crippen molar-refractivity contribution in [2.45, 2.75) is 32.2 Å². The van der Waals surface area contributed by atoms with Crippen LogP contribution in [-0.4, -0.2) is 55.0 Å². The van der Waals surface area contributed by atoms with Crippen LogP contribution in [0.2, 0.25) is 5.02 Å². The van der Waals surface area contributed by atoms with Crippen molar-refractivity contribution in [3.05, 3.63) is 27.7 Å². The summed E-state index contributed by atoms with van der Waals surface area (Å²) in [7, 11) is 0. The smallest absolute Gasteiger partial charge is 0.308 e. The van der Waals surface area contributed by atoms with Crippen LogP contribution < -0.4 is 10.1 Å². The Morgan fingerprint density at radius 3 is 2.89 bits per heavy atom. The van der Waals surface area contributed by atoms with Crippen LogP contribution >= 0.6 is 27.5 Å². The molecule has 1 aromatic carbocycles. The number of carbonyl (C=O) groups excluding carboxylic acids is 3. The van der Waals surface area contributed by atoms with Gasteiger partial charge in [0.2, 0.25) is 5.91 Å². The lowest BCUT2D eigenvalue weighted by molar-refractivity contribution is -0.152. The predicted octanol–water partition coefficient (Wildman–Crippen LogP) is 2.54. The van der Waals surface area contributed by atoms with Gasteiger partial charge in [0.1, 0.15) is 11.8 Å². The van der Waals surface area contributed by atoms with Gasteiger partial charge >= 0.3 is 5.97 Å². The van der Waals surface area contributed by atoms with E-state index >= 15 is 0 Å². The van der Waals surface area contributed by atoms with E-state index in [1.165, 1.54) is 4.90 Å². The van der Waals surface area contributed by atoms with E-state index in [4.69, 9.17) is 21.1 Å². The van der Waals surface area contributed by atoms with E-state index in [1.807, 2.05) is 6.92 Å². The third-order valence-electron chi connectivity index (χ3n) is 4.02. The first kappa shape index (κ1) is 21.5. The maximum Gasteiger partial charge on any atom is 0.308 e. The minimum atomic E-state index is -0.899. The molecule has 0 saturated carbocycles. The molecule has 0 bridgehead atoms. The monoisotopic (exact) mass is 460 g/mol. The molecule has 1 aliphatic rings. The van der Waals surface area contributed by atoms with Gasteiger partial charge in [-0.15, -0.1) is 0 Å². The van der Waals surface area contributed by atoms with E-state index < -0.39 is 17.9 Å². The van der Waals surface area contributed by atoms with Gasteiger partial charge in [-0.25, -0.2) is 0 Å². The molecule has 1 atom stereocenters. The largest absolute Gasteiger partial charge is 0.482 e. The molecular formula is C18H22BrClN2O5. The number of unbranched alkanes of at least 4 members (excludes halogenated alkanes) is 1. The maximum atomic E-state index is 12.6. The highest BCUT2D eigenvalue weighted by molar-refractivity contribution is 9.10. The first-order valence-electron chi connectivity index (χ1n) is 8.73. The lowest BCUT2D eigenvalue weighted by Crippen LogP contribution is -2.58. The third kappa shape index (κ3) is 6.39. The van der Waals surface area contributed by atoms with Crippen LogP contribution in [0.5, 0.6) is 5.75 Å². The number of hydrogen-bond acceptors (Lipinski definition) is 5. The van der Waals surface area contributed by atoms with Gasteiger partial charge in [-0.3, -0.25) is 14.4 Å². The Bertz CT molecular complexity index is 700. The molecule has 1 saturated heterocycles. The second-order valence-corrected chi connectivity index (χ2v) is 7.36. The zero-order chi connectivity index (χ0) is 19.8. The quantitative estimate of drug-likeness (QED) is 0.475. The molecule has 1 N–H and O–H groups in total. The Labute approximate surface area is 171 Å². The number of amides is 2. The molecule has 7 nitrogen and oxygen atoms in total. The van der Waals surface area contributed by atoms with Crippen molar-refractivity contribution in [1.82, 2.24) is 10.2 Å². The summed E-state index contributed by atoms with van der Waals surface area (Å²) in [6.07, 6.45) is 1.48. The minimum Gasteiger partial charge on any atom is -0.482 e. The highest BCUT2D eigenvalue weighted by atomic mass is 79.9. The molecule has 0 spiro atoms. The molecular weight excluding hydrogens is 440 g/mol. The number of carbonyl (C=O) groups is 3. The second-order valence-electron chi connectivity index (χ2n) is 6.04. The Balaban J connectivity index is 1.96. The van der Waals surface area contributed by atoms with Crippen LogP contribution in [0.15, 0.2) is 22.7 Å². The van der Waals surface area contributed by atoms with Gasteiger partial charge in [-0.1, -0.05) is 40.9 Å². The summed E-state index contributed by atoms with van der Waals surface area (Å²) in [6.45, 7) is 2.64. The zero-order valence-corrected chi connectivity index (χ0v) is 17.3. The average Bonchev–Trinajstić information content (AvgIpc) is 2.62. The maximum absolute atomic E-state index is 12.6. The Kier molecular flexibility index (Phi) is 8.37. The molecule has 0 radical (unpaired) electrons. The summed E-state index contributed by atoms with van der Waals surface area (Å²) in [4.78, 5) is 38.0. The number of hydrogen-bond donors (Lipinski definition) is 1. The number of piperazine rings is 1. The Morgan fingerprint density at radius 1 is 1.41 bits per heavy atom. The molecule has 1 heterocycles. The molecule has 9 heteroatoms. The van der Waals surface area contributed by atoms with Crippen molar-refractivity contribution in [2.24, 2.45) is 0 Å². The number of ether oxygens (including phenoxy) is 2. The van der Waals surface area contributed by atoms with E-state index in [2.05, 4.69) is 21.2 Å². The first-order chi connectivity index (χ1) is 12.9. The van der Waals surface area contributed by atoms with Gasteiger partial charge in [0, 0.05) is 17.6 Å². The van der Waals surface area contributed by atoms with Gasteiger partial charge in [-0.05, 0) is 24.6 Å².